The molecule has 0 aliphatic carbocycles. The number of para-hydroxylation sites is 1. The van der Waals surface area contributed by atoms with Gasteiger partial charge in [0, 0.05) is 0 Å². The standard InChI is InChI=1S/C10H8F6O/c11-9(12,13)8(10(14,15)16)6-17-7-4-2-1-3-5-7/h1-5,8H,6H2. The highest BCUT2D eigenvalue weighted by Crippen LogP contribution is 2.39. The summed E-state index contributed by atoms with van der Waals surface area (Å²) in [5.74, 6) is -3.51. The van der Waals surface area contributed by atoms with E-state index in [0.717, 1.165) is 0 Å². The van der Waals surface area contributed by atoms with Gasteiger partial charge in [-0.25, -0.2) is 0 Å². The average molecular weight is 258 g/mol. The number of hydrogen-bond acceptors (Lipinski definition) is 1. The molecule has 0 fully saturated rings. The van der Waals surface area contributed by atoms with Gasteiger partial charge in [0.1, 0.15) is 12.4 Å². The molecule has 1 aromatic carbocycles. The van der Waals surface area contributed by atoms with Crippen molar-refractivity contribution in [2.75, 3.05) is 6.61 Å². The Hall–Kier alpha value is -1.40. The smallest absolute Gasteiger partial charge is 0.403 e. The lowest BCUT2D eigenvalue weighted by atomic mass is 10.1. The topological polar surface area (TPSA) is 9.23 Å². The number of halogens is 6. The molecule has 0 atom stereocenters. The highest BCUT2D eigenvalue weighted by molar-refractivity contribution is 5.20. The van der Waals surface area contributed by atoms with Gasteiger partial charge in [-0.2, -0.15) is 26.3 Å². The predicted molar refractivity (Wildman–Crippen MR) is 47.5 cm³/mol. The second kappa shape index (κ2) is 4.85. The molecule has 0 aliphatic heterocycles. The van der Waals surface area contributed by atoms with E-state index in [-0.39, 0.29) is 5.75 Å². The van der Waals surface area contributed by atoms with E-state index in [1.54, 1.807) is 6.07 Å². The van der Waals surface area contributed by atoms with Crippen molar-refractivity contribution in [2.45, 2.75) is 12.4 Å². The van der Waals surface area contributed by atoms with E-state index in [1.165, 1.54) is 24.3 Å². The van der Waals surface area contributed by atoms with Crippen LogP contribution in [0.5, 0.6) is 5.75 Å². The van der Waals surface area contributed by atoms with Crippen LogP contribution in [0.1, 0.15) is 0 Å². The first kappa shape index (κ1) is 13.7. The molecule has 0 bridgehead atoms. The Morgan fingerprint density at radius 3 is 1.76 bits per heavy atom. The van der Waals surface area contributed by atoms with Crippen molar-refractivity contribution in [3.05, 3.63) is 30.3 Å². The first-order valence-electron chi connectivity index (χ1n) is 4.52. The van der Waals surface area contributed by atoms with E-state index >= 15 is 0 Å². The van der Waals surface area contributed by atoms with E-state index < -0.39 is 24.9 Å². The normalized spacial score (nSPS) is 12.9. The van der Waals surface area contributed by atoms with Crippen LogP contribution in [0, 0.1) is 5.92 Å². The van der Waals surface area contributed by atoms with Gasteiger partial charge in [-0.3, -0.25) is 0 Å². The minimum Gasteiger partial charge on any atom is -0.493 e. The van der Waals surface area contributed by atoms with E-state index in [2.05, 4.69) is 4.74 Å². The van der Waals surface area contributed by atoms with Crippen molar-refractivity contribution in [3.63, 3.8) is 0 Å². The van der Waals surface area contributed by atoms with Crippen LogP contribution in [0.4, 0.5) is 26.3 Å². The molecule has 96 valence electrons. The number of rotatable bonds is 3. The third-order valence-electron chi connectivity index (χ3n) is 1.95. The maximum atomic E-state index is 12.1. The highest BCUT2D eigenvalue weighted by atomic mass is 19.4. The molecule has 0 aromatic heterocycles. The molecule has 0 radical (unpaired) electrons. The molecule has 0 aliphatic rings. The monoisotopic (exact) mass is 258 g/mol. The molecule has 0 spiro atoms. The molecule has 7 heteroatoms. The molecule has 0 heterocycles. The molecule has 17 heavy (non-hydrogen) atoms. The zero-order valence-corrected chi connectivity index (χ0v) is 8.35. The summed E-state index contributed by atoms with van der Waals surface area (Å²) in [6.45, 7) is -1.48. The maximum absolute atomic E-state index is 12.1. The molecule has 0 saturated heterocycles. The van der Waals surface area contributed by atoms with Gasteiger partial charge < -0.3 is 4.74 Å². The molecule has 0 saturated carbocycles. The fourth-order valence-corrected chi connectivity index (χ4v) is 1.07. The minimum absolute atomic E-state index is 0.0361. The van der Waals surface area contributed by atoms with Crippen molar-refractivity contribution >= 4 is 0 Å². The highest BCUT2D eigenvalue weighted by Gasteiger charge is 2.57. The van der Waals surface area contributed by atoms with Crippen LogP contribution in [-0.2, 0) is 0 Å². The van der Waals surface area contributed by atoms with Crippen molar-refractivity contribution in [1.82, 2.24) is 0 Å². The lowest BCUT2D eigenvalue weighted by molar-refractivity contribution is -0.289. The van der Waals surface area contributed by atoms with Crippen LogP contribution < -0.4 is 4.74 Å². The van der Waals surface area contributed by atoms with Crippen LogP contribution in [0.15, 0.2) is 30.3 Å². The van der Waals surface area contributed by atoms with Crippen LogP contribution in [0.2, 0.25) is 0 Å². The second-order valence-corrected chi connectivity index (χ2v) is 3.26. The number of benzene rings is 1. The number of hydrogen-bond donors (Lipinski definition) is 0. The lowest BCUT2D eigenvalue weighted by Gasteiger charge is -2.22. The Morgan fingerprint density at radius 1 is 0.882 bits per heavy atom. The van der Waals surface area contributed by atoms with Gasteiger partial charge in [0.2, 0.25) is 0 Å². The lowest BCUT2D eigenvalue weighted by Crippen LogP contribution is -2.40. The summed E-state index contributed by atoms with van der Waals surface area (Å²) in [6, 6.07) is 7.03. The zero-order chi connectivity index (χ0) is 13.1. The molecule has 1 rings (SSSR count). The summed E-state index contributed by atoms with van der Waals surface area (Å²) >= 11 is 0. The second-order valence-electron chi connectivity index (χ2n) is 3.26. The van der Waals surface area contributed by atoms with Gasteiger partial charge >= 0.3 is 12.4 Å². The third kappa shape index (κ3) is 4.16. The Labute approximate surface area is 93.0 Å². The quantitative estimate of drug-likeness (QED) is 0.749. The van der Waals surface area contributed by atoms with E-state index in [4.69, 9.17) is 0 Å². The molecule has 0 amide bonds. The Morgan fingerprint density at radius 2 is 1.35 bits per heavy atom. The first-order valence-corrected chi connectivity index (χ1v) is 4.52. The Balaban J connectivity index is 2.70. The van der Waals surface area contributed by atoms with Crippen LogP contribution >= 0.6 is 0 Å². The molecule has 0 unspecified atom stereocenters. The van der Waals surface area contributed by atoms with Gasteiger partial charge in [0.25, 0.3) is 0 Å². The van der Waals surface area contributed by atoms with Gasteiger partial charge in [0.15, 0.2) is 5.92 Å². The molecular formula is C10H8F6O. The largest absolute Gasteiger partial charge is 0.493 e. The molecule has 1 nitrogen and oxygen atoms in total. The molecular weight excluding hydrogens is 250 g/mol. The Bertz CT molecular complexity index is 328. The van der Waals surface area contributed by atoms with Crippen molar-refractivity contribution in [3.8, 4) is 5.75 Å². The fraction of sp³-hybridized carbons (Fsp3) is 0.400. The maximum Gasteiger partial charge on any atom is 0.403 e. The van der Waals surface area contributed by atoms with Gasteiger partial charge in [-0.15, -0.1) is 0 Å². The van der Waals surface area contributed by atoms with Gasteiger partial charge in [-0.1, -0.05) is 18.2 Å². The first-order chi connectivity index (χ1) is 7.71. The third-order valence-corrected chi connectivity index (χ3v) is 1.95. The molecule has 0 N–H and O–H groups in total. The fourth-order valence-electron chi connectivity index (χ4n) is 1.07. The van der Waals surface area contributed by atoms with Crippen molar-refractivity contribution in [2.24, 2.45) is 5.92 Å². The summed E-state index contributed by atoms with van der Waals surface area (Å²) in [5, 5.41) is 0. The summed E-state index contributed by atoms with van der Waals surface area (Å²) in [7, 11) is 0. The van der Waals surface area contributed by atoms with Crippen molar-refractivity contribution < 1.29 is 31.1 Å². The summed E-state index contributed by atoms with van der Waals surface area (Å²) in [6.07, 6.45) is -10.7. The van der Waals surface area contributed by atoms with E-state index in [9.17, 15) is 26.3 Å². The van der Waals surface area contributed by atoms with Crippen LogP contribution in [-0.4, -0.2) is 19.0 Å². The summed E-state index contributed by atoms with van der Waals surface area (Å²) in [4.78, 5) is 0. The number of alkyl halides is 6. The Kier molecular flexibility index (Phi) is 3.90. The van der Waals surface area contributed by atoms with Gasteiger partial charge in [-0.05, 0) is 12.1 Å². The van der Waals surface area contributed by atoms with Crippen LogP contribution in [0.3, 0.4) is 0 Å². The summed E-state index contributed by atoms with van der Waals surface area (Å²) < 4.78 is 77.2. The number of ether oxygens (including phenoxy) is 1. The van der Waals surface area contributed by atoms with Gasteiger partial charge in [0.05, 0.1) is 0 Å². The average Bonchev–Trinajstić information content (AvgIpc) is 2.15. The van der Waals surface area contributed by atoms with Crippen molar-refractivity contribution in [1.29, 1.82) is 0 Å². The molecule has 1 aromatic rings. The van der Waals surface area contributed by atoms with Crippen LogP contribution in [0.25, 0.3) is 0 Å². The van der Waals surface area contributed by atoms with E-state index in [0.29, 0.717) is 0 Å². The van der Waals surface area contributed by atoms with E-state index in [1.807, 2.05) is 0 Å². The zero-order valence-electron chi connectivity index (χ0n) is 8.35. The SMILES string of the molecule is FC(F)(F)C(COc1ccccc1)C(F)(F)F. The summed E-state index contributed by atoms with van der Waals surface area (Å²) in [5.41, 5.74) is 0. The minimum atomic E-state index is -5.37. The predicted octanol–water partition coefficient (Wildman–Crippen LogP) is 3.81.